The summed E-state index contributed by atoms with van der Waals surface area (Å²) in [4.78, 5) is 11.9. The standard InChI is InChI=1S/C16H22F2N2O4.ClH/c1-2-23-14-7-11(3-4-13(14)24-16(17)18)9-20-15(21)8-12-10-22-6-5-19-12;/h3-4,7,12,16,19H,2,5-6,8-10H2,1H3,(H,20,21);1H. The third kappa shape index (κ3) is 7.41. The SMILES string of the molecule is CCOc1cc(CNC(=O)CC2COCCN2)ccc1OC(F)F.Cl. The van der Waals surface area contributed by atoms with E-state index in [9.17, 15) is 13.6 Å². The molecule has 1 amide bonds. The fourth-order valence-corrected chi connectivity index (χ4v) is 2.37. The number of nitrogens with one attached hydrogen (secondary N) is 2. The molecule has 1 heterocycles. The molecule has 1 aromatic rings. The van der Waals surface area contributed by atoms with Crippen LogP contribution in [-0.4, -0.2) is 44.9 Å². The van der Waals surface area contributed by atoms with Gasteiger partial charge in [-0.2, -0.15) is 8.78 Å². The molecule has 0 aliphatic carbocycles. The topological polar surface area (TPSA) is 68.8 Å². The number of hydrogen-bond donors (Lipinski definition) is 2. The highest BCUT2D eigenvalue weighted by Gasteiger charge is 2.17. The molecule has 1 unspecified atom stereocenters. The molecular weight excluding hydrogens is 358 g/mol. The van der Waals surface area contributed by atoms with Gasteiger partial charge in [-0.25, -0.2) is 0 Å². The number of halogens is 3. The molecule has 0 bridgehead atoms. The van der Waals surface area contributed by atoms with E-state index in [0.29, 0.717) is 26.2 Å². The predicted molar refractivity (Wildman–Crippen MR) is 90.6 cm³/mol. The van der Waals surface area contributed by atoms with Crippen LogP contribution in [0, 0.1) is 0 Å². The lowest BCUT2D eigenvalue weighted by molar-refractivity contribution is -0.122. The molecule has 0 radical (unpaired) electrons. The van der Waals surface area contributed by atoms with Crippen LogP contribution in [-0.2, 0) is 16.1 Å². The molecule has 1 fully saturated rings. The fourth-order valence-electron chi connectivity index (χ4n) is 2.37. The average Bonchev–Trinajstić information content (AvgIpc) is 2.56. The molecule has 1 atom stereocenters. The smallest absolute Gasteiger partial charge is 0.387 e. The van der Waals surface area contributed by atoms with Gasteiger partial charge in [0, 0.05) is 25.6 Å². The van der Waals surface area contributed by atoms with Crippen molar-refractivity contribution in [2.45, 2.75) is 32.5 Å². The Morgan fingerprint density at radius 2 is 2.24 bits per heavy atom. The van der Waals surface area contributed by atoms with E-state index in [2.05, 4.69) is 15.4 Å². The molecule has 1 aliphatic heterocycles. The van der Waals surface area contributed by atoms with Gasteiger partial charge in [0.1, 0.15) is 0 Å². The largest absolute Gasteiger partial charge is 0.490 e. The van der Waals surface area contributed by atoms with Gasteiger partial charge in [-0.3, -0.25) is 4.79 Å². The Morgan fingerprint density at radius 1 is 1.44 bits per heavy atom. The van der Waals surface area contributed by atoms with Crippen molar-refractivity contribution >= 4 is 18.3 Å². The number of amides is 1. The third-order valence-electron chi connectivity index (χ3n) is 3.44. The molecule has 2 N–H and O–H groups in total. The summed E-state index contributed by atoms with van der Waals surface area (Å²) >= 11 is 0. The van der Waals surface area contributed by atoms with Crippen molar-refractivity contribution in [2.75, 3.05) is 26.4 Å². The van der Waals surface area contributed by atoms with Crippen LogP contribution in [0.1, 0.15) is 18.9 Å². The van der Waals surface area contributed by atoms with E-state index >= 15 is 0 Å². The number of rotatable bonds is 8. The zero-order valence-electron chi connectivity index (χ0n) is 13.9. The lowest BCUT2D eigenvalue weighted by Crippen LogP contribution is -2.44. The summed E-state index contributed by atoms with van der Waals surface area (Å²) in [6.07, 6.45) is 0.324. The Morgan fingerprint density at radius 3 is 2.88 bits per heavy atom. The second-order valence-electron chi connectivity index (χ2n) is 5.30. The molecule has 1 aromatic carbocycles. The summed E-state index contributed by atoms with van der Waals surface area (Å²) in [5.41, 5.74) is 0.737. The first-order valence-electron chi connectivity index (χ1n) is 7.87. The van der Waals surface area contributed by atoms with Crippen molar-refractivity contribution in [2.24, 2.45) is 0 Å². The summed E-state index contributed by atoms with van der Waals surface area (Å²) < 4.78 is 39.8. The first kappa shape index (κ1) is 21.4. The summed E-state index contributed by atoms with van der Waals surface area (Å²) in [6.45, 7) is 1.35. The maximum atomic E-state index is 12.4. The highest BCUT2D eigenvalue weighted by Crippen LogP contribution is 2.29. The summed E-state index contributed by atoms with van der Waals surface area (Å²) in [6, 6.07) is 4.63. The number of carbonyl (C=O) groups excluding carboxylic acids is 1. The molecule has 142 valence electrons. The Kier molecular flexibility index (Phi) is 9.48. The molecule has 9 heteroatoms. The molecule has 25 heavy (non-hydrogen) atoms. The van der Waals surface area contributed by atoms with E-state index < -0.39 is 6.61 Å². The van der Waals surface area contributed by atoms with Crippen LogP contribution >= 0.6 is 12.4 Å². The highest BCUT2D eigenvalue weighted by molar-refractivity contribution is 5.85. The maximum absolute atomic E-state index is 12.4. The predicted octanol–water partition coefficient (Wildman–Crippen LogP) is 2.10. The summed E-state index contributed by atoms with van der Waals surface area (Å²) in [5, 5.41) is 6.00. The molecule has 0 saturated carbocycles. The number of alkyl halides is 2. The molecule has 6 nitrogen and oxygen atoms in total. The van der Waals surface area contributed by atoms with Crippen molar-refractivity contribution < 1.29 is 27.8 Å². The van der Waals surface area contributed by atoms with E-state index in [1.807, 2.05) is 0 Å². The Labute approximate surface area is 151 Å². The zero-order valence-corrected chi connectivity index (χ0v) is 14.7. The minimum Gasteiger partial charge on any atom is -0.490 e. The third-order valence-corrected chi connectivity index (χ3v) is 3.44. The van der Waals surface area contributed by atoms with Gasteiger partial charge in [0.05, 0.1) is 19.8 Å². The van der Waals surface area contributed by atoms with Crippen LogP contribution < -0.4 is 20.1 Å². The lowest BCUT2D eigenvalue weighted by Gasteiger charge is -2.23. The van der Waals surface area contributed by atoms with Gasteiger partial charge in [-0.1, -0.05) is 6.07 Å². The molecule has 2 rings (SSSR count). The van der Waals surface area contributed by atoms with Gasteiger partial charge >= 0.3 is 6.61 Å². The number of carbonyl (C=O) groups is 1. The van der Waals surface area contributed by atoms with Gasteiger partial charge in [-0.05, 0) is 24.6 Å². The van der Waals surface area contributed by atoms with Crippen molar-refractivity contribution in [1.82, 2.24) is 10.6 Å². The maximum Gasteiger partial charge on any atom is 0.387 e. The zero-order chi connectivity index (χ0) is 17.4. The minimum atomic E-state index is -2.92. The van der Waals surface area contributed by atoms with Crippen molar-refractivity contribution in [3.05, 3.63) is 23.8 Å². The van der Waals surface area contributed by atoms with Gasteiger partial charge in [0.15, 0.2) is 11.5 Å². The second-order valence-corrected chi connectivity index (χ2v) is 5.30. The fraction of sp³-hybridized carbons (Fsp3) is 0.562. The second kappa shape index (κ2) is 11.1. The minimum absolute atomic E-state index is 0. The highest BCUT2D eigenvalue weighted by atomic mass is 35.5. The number of hydrogen-bond acceptors (Lipinski definition) is 5. The normalized spacial score (nSPS) is 16.9. The van der Waals surface area contributed by atoms with Crippen LogP contribution in [0.25, 0.3) is 0 Å². The van der Waals surface area contributed by atoms with E-state index in [0.717, 1.165) is 12.1 Å². The Balaban J connectivity index is 0.00000312. The van der Waals surface area contributed by atoms with E-state index in [-0.39, 0.29) is 42.4 Å². The van der Waals surface area contributed by atoms with Crippen LogP contribution in [0.15, 0.2) is 18.2 Å². The quantitative estimate of drug-likeness (QED) is 0.723. The van der Waals surface area contributed by atoms with Crippen molar-refractivity contribution in [1.29, 1.82) is 0 Å². The van der Waals surface area contributed by atoms with Gasteiger partial charge in [-0.15, -0.1) is 12.4 Å². The number of morpholine rings is 1. The summed E-state index contributed by atoms with van der Waals surface area (Å²) in [5.74, 6) is 0.0984. The average molecular weight is 381 g/mol. The van der Waals surface area contributed by atoms with Gasteiger partial charge in [0.2, 0.25) is 5.91 Å². The first-order chi connectivity index (χ1) is 11.6. The number of ether oxygens (including phenoxy) is 3. The van der Waals surface area contributed by atoms with Gasteiger partial charge < -0.3 is 24.8 Å². The van der Waals surface area contributed by atoms with Crippen LogP contribution in [0.4, 0.5) is 8.78 Å². The number of benzene rings is 1. The monoisotopic (exact) mass is 380 g/mol. The van der Waals surface area contributed by atoms with Crippen LogP contribution in [0.2, 0.25) is 0 Å². The molecule has 0 spiro atoms. The Hall–Kier alpha value is -1.64. The molecular formula is C16H23ClF2N2O4. The van der Waals surface area contributed by atoms with E-state index in [4.69, 9.17) is 9.47 Å². The van der Waals surface area contributed by atoms with E-state index in [1.54, 1.807) is 19.1 Å². The van der Waals surface area contributed by atoms with Crippen molar-refractivity contribution in [3.8, 4) is 11.5 Å². The summed E-state index contributed by atoms with van der Waals surface area (Å²) in [7, 11) is 0. The van der Waals surface area contributed by atoms with Crippen LogP contribution in [0.3, 0.4) is 0 Å². The van der Waals surface area contributed by atoms with Crippen molar-refractivity contribution in [3.63, 3.8) is 0 Å². The van der Waals surface area contributed by atoms with Gasteiger partial charge in [0.25, 0.3) is 0 Å². The Bertz CT molecular complexity index is 543. The van der Waals surface area contributed by atoms with E-state index in [1.165, 1.54) is 6.07 Å². The lowest BCUT2D eigenvalue weighted by atomic mass is 10.1. The molecule has 1 aliphatic rings. The first-order valence-corrected chi connectivity index (χ1v) is 7.87. The molecule has 0 aromatic heterocycles. The van der Waals surface area contributed by atoms with Crippen LogP contribution in [0.5, 0.6) is 11.5 Å². The molecule has 1 saturated heterocycles.